The Hall–Kier alpha value is -1.82. The van der Waals surface area contributed by atoms with E-state index in [9.17, 15) is 10.1 Å². The zero-order chi connectivity index (χ0) is 14.3. The van der Waals surface area contributed by atoms with Gasteiger partial charge in [-0.25, -0.2) is 0 Å². The smallest absolute Gasteiger partial charge is 0.311 e. The van der Waals surface area contributed by atoms with Gasteiger partial charge in [0, 0.05) is 37.0 Å². The number of rotatable bonds is 3. The summed E-state index contributed by atoms with van der Waals surface area (Å²) in [4.78, 5) is 12.8. The molecule has 2 aliphatic rings. The van der Waals surface area contributed by atoms with Crippen LogP contribution in [-0.4, -0.2) is 31.2 Å². The number of anilines is 1. The van der Waals surface area contributed by atoms with Crippen molar-refractivity contribution in [2.24, 2.45) is 17.6 Å². The van der Waals surface area contributed by atoms with E-state index < -0.39 is 4.92 Å². The topological polar surface area (TPSA) is 81.6 Å². The minimum atomic E-state index is -0.419. The summed E-state index contributed by atoms with van der Waals surface area (Å²) in [5, 5.41) is 10.9. The van der Waals surface area contributed by atoms with Gasteiger partial charge in [0.1, 0.15) is 0 Å². The van der Waals surface area contributed by atoms with Crippen LogP contribution in [0.15, 0.2) is 18.2 Å². The van der Waals surface area contributed by atoms with E-state index in [2.05, 4.69) is 4.90 Å². The van der Waals surface area contributed by atoms with Gasteiger partial charge in [-0.05, 0) is 30.7 Å². The normalized spacial score (nSPS) is 28.5. The van der Waals surface area contributed by atoms with Gasteiger partial charge >= 0.3 is 5.69 Å². The second-order valence-electron chi connectivity index (χ2n) is 5.68. The Labute approximate surface area is 117 Å². The van der Waals surface area contributed by atoms with Gasteiger partial charge < -0.3 is 15.4 Å². The van der Waals surface area contributed by atoms with Crippen molar-refractivity contribution >= 4 is 11.4 Å². The van der Waals surface area contributed by atoms with Crippen LogP contribution in [0.4, 0.5) is 11.4 Å². The van der Waals surface area contributed by atoms with Gasteiger partial charge in [0.2, 0.25) is 0 Å². The number of hydrogen-bond acceptors (Lipinski definition) is 5. The predicted molar refractivity (Wildman–Crippen MR) is 76.1 cm³/mol. The molecule has 6 heteroatoms. The number of nitrogens with zero attached hydrogens (tertiary/aromatic N) is 2. The summed E-state index contributed by atoms with van der Waals surface area (Å²) in [6.07, 6.45) is 2.30. The number of hydrogen-bond donors (Lipinski definition) is 1. The first-order valence-electron chi connectivity index (χ1n) is 6.93. The van der Waals surface area contributed by atoms with Gasteiger partial charge in [-0.15, -0.1) is 0 Å². The number of benzene rings is 1. The Morgan fingerprint density at radius 2 is 2.20 bits per heavy atom. The summed E-state index contributed by atoms with van der Waals surface area (Å²) in [5.41, 5.74) is 7.13. The van der Waals surface area contributed by atoms with E-state index in [1.807, 2.05) is 0 Å². The molecule has 0 spiro atoms. The third-order valence-electron chi connectivity index (χ3n) is 4.64. The zero-order valence-corrected chi connectivity index (χ0v) is 11.5. The number of ether oxygens (including phenoxy) is 1. The number of nitro groups is 1. The van der Waals surface area contributed by atoms with E-state index >= 15 is 0 Å². The Kier molecular flexibility index (Phi) is 3.25. The highest BCUT2D eigenvalue weighted by atomic mass is 16.6. The van der Waals surface area contributed by atoms with Crippen molar-refractivity contribution in [1.82, 2.24) is 0 Å². The Balaban J connectivity index is 1.83. The van der Waals surface area contributed by atoms with E-state index in [4.69, 9.17) is 10.5 Å². The maximum absolute atomic E-state index is 10.9. The van der Waals surface area contributed by atoms with Crippen LogP contribution in [0.3, 0.4) is 0 Å². The summed E-state index contributed by atoms with van der Waals surface area (Å²) in [7, 11) is 1.46. The molecule has 3 atom stereocenters. The van der Waals surface area contributed by atoms with E-state index in [-0.39, 0.29) is 5.69 Å². The highest BCUT2D eigenvalue weighted by Gasteiger charge is 2.41. The lowest BCUT2D eigenvalue weighted by atomic mass is 9.98. The summed E-state index contributed by atoms with van der Waals surface area (Å²) >= 11 is 0. The number of methoxy groups -OCH3 is 1. The maximum atomic E-state index is 10.9. The van der Waals surface area contributed by atoms with Gasteiger partial charge in [0.05, 0.1) is 12.0 Å². The fraction of sp³-hybridized carbons (Fsp3) is 0.571. The number of nitrogens with two attached hydrogens (primary N) is 1. The van der Waals surface area contributed by atoms with Crippen molar-refractivity contribution in [3.8, 4) is 5.75 Å². The molecule has 0 aromatic heterocycles. The number of fused-ring (bicyclic) bond motifs is 1. The zero-order valence-electron chi connectivity index (χ0n) is 11.5. The fourth-order valence-electron chi connectivity index (χ4n) is 3.53. The van der Waals surface area contributed by atoms with Crippen LogP contribution in [0, 0.1) is 22.0 Å². The molecule has 1 aliphatic heterocycles. The van der Waals surface area contributed by atoms with Crippen LogP contribution >= 0.6 is 0 Å². The molecule has 1 saturated carbocycles. The van der Waals surface area contributed by atoms with Gasteiger partial charge in [-0.2, -0.15) is 0 Å². The Morgan fingerprint density at radius 3 is 2.85 bits per heavy atom. The first kappa shape index (κ1) is 13.2. The summed E-state index contributed by atoms with van der Waals surface area (Å²) in [6, 6.07) is 5.37. The standard InChI is InChI=1S/C14H19N3O3/c1-20-14-6-10(3-5-13(14)17(18)19)16-7-9-2-4-12(15)11(9)8-16/h3,5-6,9,11-12H,2,4,7-8,15H2,1H3. The second kappa shape index (κ2) is 4.94. The van der Waals surface area contributed by atoms with E-state index in [0.29, 0.717) is 23.6 Å². The first-order valence-corrected chi connectivity index (χ1v) is 6.93. The molecule has 3 rings (SSSR count). The van der Waals surface area contributed by atoms with E-state index in [0.717, 1.165) is 25.2 Å². The monoisotopic (exact) mass is 277 g/mol. The maximum Gasteiger partial charge on any atom is 0.311 e. The molecule has 1 aromatic carbocycles. The van der Waals surface area contributed by atoms with Crippen molar-refractivity contribution in [1.29, 1.82) is 0 Å². The van der Waals surface area contributed by atoms with Gasteiger partial charge in [-0.1, -0.05) is 0 Å². The minimum Gasteiger partial charge on any atom is -0.490 e. The molecule has 0 bridgehead atoms. The molecule has 1 aromatic rings. The predicted octanol–water partition coefficient (Wildman–Crippen LogP) is 1.78. The van der Waals surface area contributed by atoms with Gasteiger partial charge in [-0.3, -0.25) is 10.1 Å². The molecule has 3 unspecified atom stereocenters. The second-order valence-corrected chi connectivity index (χ2v) is 5.68. The van der Waals surface area contributed by atoms with Crippen LogP contribution in [0.25, 0.3) is 0 Å². The third kappa shape index (κ3) is 2.10. The van der Waals surface area contributed by atoms with Crippen LogP contribution in [0.5, 0.6) is 5.75 Å². The molecule has 2 N–H and O–H groups in total. The lowest BCUT2D eigenvalue weighted by Gasteiger charge is -2.21. The molecule has 1 heterocycles. The Morgan fingerprint density at radius 1 is 1.40 bits per heavy atom. The quantitative estimate of drug-likeness (QED) is 0.672. The van der Waals surface area contributed by atoms with E-state index in [1.165, 1.54) is 19.6 Å². The summed E-state index contributed by atoms with van der Waals surface area (Å²) in [5.74, 6) is 1.52. The first-order chi connectivity index (χ1) is 9.60. The SMILES string of the molecule is COc1cc(N2CC3CCC(N)C3C2)ccc1[N+](=O)[O-]. The molecule has 6 nitrogen and oxygen atoms in total. The summed E-state index contributed by atoms with van der Waals surface area (Å²) in [6.45, 7) is 1.92. The molecule has 20 heavy (non-hydrogen) atoms. The average molecular weight is 277 g/mol. The highest BCUT2D eigenvalue weighted by molar-refractivity contribution is 5.59. The molecule has 108 valence electrons. The van der Waals surface area contributed by atoms with Gasteiger partial charge in [0.25, 0.3) is 0 Å². The van der Waals surface area contributed by atoms with Crippen molar-refractivity contribution in [3.05, 3.63) is 28.3 Å². The van der Waals surface area contributed by atoms with Crippen molar-refractivity contribution < 1.29 is 9.66 Å². The molecular formula is C14H19N3O3. The van der Waals surface area contributed by atoms with Gasteiger partial charge in [0.15, 0.2) is 5.75 Å². The third-order valence-corrected chi connectivity index (χ3v) is 4.64. The molecule has 0 radical (unpaired) electrons. The minimum absolute atomic E-state index is 0.00680. The molecule has 1 saturated heterocycles. The molecule has 1 aliphatic carbocycles. The number of nitro benzene ring substituents is 1. The summed E-state index contributed by atoms with van der Waals surface area (Å²) < 4.78 is 5.13. The van der Waals surface area contributed by atoms with Crippen molar-refractivity contribution in [2.75, 3.05) is 25.1 Å². The average Bonchev–Trinajstić information content (AvgIpc) is 3.00. The van der Waals surface area contributed by atoms with Crippen molar-refractivity contribution in [2.45, 2.75) is 18.9 Å². The Bertz CT molecular complexity index is 534. The molecule has 2 fully saturated rings. The van der Waals surface area contributed by atoms with Crippen molar-refractivity contribution in [3.63, 3.8) is 0 Å². The molecular weight excluding hydrogens is 258 g/mol. The fourth-order valence-corrected chi connectivity index (χ4v) is 3.53. The lowest BCUT2D eigenvalue weighted by Crippen LogP contribution is -2.30. The van der Waals surface area contributed by atoms with Crippen LogP contribution in [-0.2, 0) is 0 Å². The largest absolute Gasteiger partial charge is 0.490 e. The highest BCUT2D eigenvalue weighted by Crippen LogP contribution is 2.40. The van der Waals surface area contributed by atoms with Crippen LogP contribution < -0.4 is 15.4 Å². The van der Waals surface area contributed by atoms with Crippen LogP contribution in [0.2, 0.25) is 0 Å². The van der Waals surface area contributed by atoms with Crippen LogP contribution in [0.1, 0.15) is 12.8 Å². The molecule has 0 amide bonds. The lowest BCUT2D eigenvalue weighted by molar-refractivity contribution is -0.385. The van der Waals surface area contributed by atoms with E-state index in [1.54, 1.807) is 12.1 Å².